The molecule has 3 nitrogen and oxygen atoms in total. The number of hydrogen-bond donors (Lipinski definition) is 0. The SMILES string of the molecule is Cl.O=C(c1cccc(F)c1)N1CCN(CCc2ccc(Cl)cc2)CC1. The number of benzene rings is 2. The molecule has 2 aromatic rings. The number of nitrogens with zero attached hydrogens (tertiary/aromatic N) is 2. The third kappa shape index (κ3) is 5.43. The van der Waals surface area contributed by atoms with Crippen molar-refractivity contribution in [3.63, 3.8) is 0 Å². The van der Waals surface area contributed by atoms with Crippen molar-refractivity contribution in [2.24, 2.45) is 0 Å². The molecule has 1 aliphatic rings. The fraction of sp³-hybridized carbons (Fsp3) is 0.316. The first-order valence-corrected chi connectivity index (χ1v) is 8.51. The predicted octanol–water partition coefficient (Wildman–Crippen LogP) is 3.90. The van der Waals surface area contributed by atoms with Crippen molar-refractivity contribution in [3.05, 3.63) is 70.5 Å². The molecule has 0 N–H and O–H groups in total. The Morgan fingerprint density at radius 1 is 1.04 bits per heavy atom. The summed E-state index contributed by atoms with van der Waals surface area (Å²) in [6.07, 6.45) is 0.967. The third-order valence-corrected chi connectivity index (χ3v) is 4.61. The molecular weight excluding hydrogens is 362 g/mol. The van der Waals surface area contributed by atoms with E-state index in [2.05, 4.69) is 4.90 Å². The molecule has 0 spiro atoms. The normalized spacial score (nSPS) is 14.9. The predicted molar refractivity (Wildman–Crippen MR) is 101 cm³/mol. The zero-order chi connectivity index (χ0) is 16.9. The number of rotatable bonds is 4. The zero-order valence-electron chi connectivity index (χ0n) is 13.8. The van der Waals surface area contributed by atoms with E-state index >= 15 is 0 Å². The quantitative estimate of drug-likeness (QED) is 0.800. The number of carbonyl (C=O) groups excluding carboxylic acids is 1. The fourth-order valence-electron chi connectivity index (χ4n) is 2.92. The molecule has 0 unspecified atom stereocenters. The first-order chi connectivity index (χ1) is 11.6. The summed E-state index contributed by atoms with van der Waals surface area (Å²) in [5.41, 5.74) is 1.68. The summed E-state index contributed by atoms with van der Waals surface area (Å²) < 4.78 is 13.3. The van der Waals surface area contributed by atoms with Crippen LogP contribution in [0, 0.1) is 5.82 Å². The third-order valence-electron chi connectivity index (χ3n) is 4.36. The molecule has 25 heavy (non-hydrogen) atoms. The van der Waals surface area contributed by atoms with Crippen molar-refractivity contribution in [2.45, 2.75) is 6.42 Å². The van der Waals surface area contributed by atoms with E-state index in [9.17, 15) is 9.18 Å². The van der Waals surface area contributed by atoms with E-state index in [4.69, 9.17) is 11.6 Å². The van der Waals surface area contributed by atoms with Gasteiger partial charge in [-0.15, -0.1) is 12.4 Å². The molecule has 1 aliphatic heterocycles. The molecule has 0 atom stereocenters. The Labute approximate surface area is 158 Å². The Bertz CT molecular complexity index is 701. The lowest BCUT2D eigenvalue weighted by atomic mass is 10.1. The number of hydrogen-bond acceptors (Lipinski definition) is 2. The standard InChI is InChI=1S/C19H20ClFN2O.ClH/c20-17-6-4-15(5-7-17)8-9-22-10-12-23(13-11-22)19(24)16-2-1-3-18(21)14-16;/h1-7,14H,8-13H2;1H. The van der Waals surface area contributed by atoms with E-state index in [1.54, 1.807) is 17.0 Å². The van der Waals surface area contributed by atoms with Gasteiger partial charge in [0.25, 0.3) is 5.91 Å². The van der Waals surface area contributed by atoms with Crippen LogP contribution in [0.3, 0.4) is 0 Å². The summed E-state index contributed by atoms with van der Waals surface area (Å²) in [5.74, 6) is -0.464. The lowest BCUT2D eigenvalue weighted by Crippen LogP contribution is -2.49. The van der Waals surface area contributed by atoms with E-state index < -0.39 is 0 Å². The van der Waals surface area contributed by atoms with Gasteiger partial charge in [0.2, 0.25) is 0 Å². The van der Waals surface area contributed by atoms with Gasteiger partial charge in [0, 0.05) is 43.3 Å². The highest BCUT2D eigenvalue weighted by atomic mass is 35.5. The summed E-state index contributed by atoms with van der Waals surface area (Å²) in [6, 6.07) is 13.8. The second-order valence-electron chi connectivity index (χ2n) is 6.02. The van der Waals surface area contributed by atoms with Crippen LogP contribution in [0.15, 0.2) is 48.5 Å². The highest BCUT2D eigenvalue weighted by Crippen LogP contribution is 2.13. The first kappa shape index (κ1) is 19.7. The van der Waals surface area contributed by atoms with Crippen LogP contribution < -0.4 is 0 Å². The van der Waals surface area contributed by atoms with Crippen LogP contribution in [0.1, 0.15) is 15.9 Å². The number of carbonyl (C=O) groups is 1. The molecule has 134 valence electrons. The van der Waals surface area contributed by atoms with E-state index in [0.717, 1.165) is 31.1 Å². The minimum atomic E-state index is -0.373. The summed E-state index contributed by atoms with van der Waals surface area (Å²) in [7, 11) is 0. The molecule has 1 amide bonds. The molecule has 0 saturated carbocycles. The molecule has 0 bridgehead atoms. The van der Waals surface area contributed by atoms with E-state index in [1.807, 2.05) is 24.3 Å². The van der Waals surface area contributed by atoms with Crippen molar-refractivity contribution in [2.75, 3.05) is 32.7 Å². The van der Waals surface area contributed by atoms with Crippen LogP contribution in [0.4, 0.5) is 4.39 Å². The molecule has 1 fully saturated rings. The topological polar surface area (TPSA) is 23.6 Å². The van der Waals surface area contributed by atoms with Gasteiger partial charge in [0.05, 0.1) is 0 Å². The lowest BCUT2D eigenvalue weighted by molar-refractivity contribution is 0.0638. The second kappa shape index (κ2) is 9.18. The zero-order valence-corrected chi connectivity index (χ0v) is 15.4. The van der Waals surface area contributed by atoms with Gasteiger partial charge in [0.1, 0.15) is 5.82 Å². The van der Waals surface area contributed by atoms with Gasteiger partial charge in [-0.25, -0.2) is 4.39 Å². The van der Waals surface area contributed by atoms with Crippen LogP contribution in [0.25, 0.3) is 0 Å². The molecule has 1 heterocycles. The van der Waals surface area contributed by atoms with Gasteiger partial charge in [-0.1, -0.05) is 29.8 Å². The molecule has 1 saturated heterocycles. The monoisotopic (exact) mass is 382 g/mol. The van der Waals surface area contributed by atoms with Crippen molar-refractivity contribution >= 4 is 29.9 Å². The number of halogens is 3. The first-order valence-electron chi connectivity index (χ1n) is 8.13. The summed E-state index contributed by atoms with van der Waals surface area (Å²) in [6.45, 7) is 4.00. The fourth-order valence-corrected chi connectivity index (χ4v) is 3.04. The van der Waals surface area contributed by atoms with Crippen LogP contribution in [-0.2, 0) is 6.42 Å². The second-order valence-corrected chi connectivity index (χ2v) is 6.46. The highest BCUT2D eigenvalue weighted by Gasteiger charge is 2.22. The van der Waals surface area contributed by atoms with Crippen LogP contribution in [0.5, 0.6) is 0 Å². The van der Waals surface area contributed by atoms with E-state index in [1.165, 1.54) is 17.7 Å². The largest absolute Gasteiger partial charge is 0.336 e. The average molecular weight is 383 g/mol. The van der Waals surface area contributed by atoms with Crippen molar-refractivity contribution in [1.82, 2.24) is 9.80 Å². The summed E-state index contributed by atoms with van der Waals surface area (Å²) >= 11 is 5.90. The maximum absolute atomic E-state index is 13.3. The minimum absolute atomic E-state index is 0. The smallest absolute Gasteiger partial charge is 0.254 e. The van der Waals surface area contributed by atoms with Gasteiger partial charge in [0.15, 0.2) is 0 Å². The average Bonchev–Trinajstić information content (AvgIpc) is 2.61. The molecule has 2 aromatic carbocycles. The number of piperazine rings is 1. The van der Waals surface area contributed by atoms with E-state index in [-0.39, 0.29) is 24.1 Å². The van der Waals surface area contributed by atoms with Crippen molar-refractivity contribution < 1.29 is 9.18 Å². The summed E-state index contributed by atoms with van der Waals surface area (Å²) in [4.78, 5) is 16.5. The van der Waals surface area contributed by atoms with Crippen LogP contribution in [0.2, 0.25) is 5.02 Å². The lowest BCUT2D eigenvalue weighted by Gasteiger charge is -2.34. The number of amides is 1. The van der Waals surface area contributed by atoms with Gasteiger partial charge in [-0.3, -0.25) is 9.69 Å². The van der Waals surface area contributed by atoms with Crippen LogP contribution >= 0.6 is 24.0 Å². The minimum Gasteiger partial charge on any atom is -0.336 e. The Kier molecular flexibility index (Phi) is 7.24. The maximum Gasteiger partial charge on any atom is 0.254 e. The molecule has 0 radical (unpaired) electrons. The van der Waals surface area contributed by atoms with Gasteiger partial charge in [-0.05, 0) is 42.3 Å². The Hall–Kier alpha value is -1.62. The van der Waals surface area contributed by atoms with Crippen molar-refractivity contribution in [3.8, 4) is 0 Å². The van der Waals surface area contributed by atoms with Crippen LogP contribution in [-0.4, -0.2) is 48.4 Å². The molecular formula is C19H21Cl2FN2O. The van der Waals surface area contributed by atoms with Gasteiger partial charge >= 0.3 is 0 Å². The Morgan fingerprint density at radius 3 is 2.36 bits per heavy atom. The molecule has 0 aromatic heterocycles. The summed E-state index contributed by atoms with van der Waals surface area (Å²) in [5, 5.41) is 0.753. The maximum atomic E-state index is 13.3. The molecule has 3 rings (SSSR count). The van der Waals surface area contributed by atoms with E-state index in [0.29, 0.717) is 18.7 Å². The van der Waals surface area contributed by atoms with Gasteiger partial charge in [-0.2, -0.15) is 0 Å². The Balaban J connectivity index is 0.00000225. The van der Waals surface area contributed by atoms with Gasteiger partial charge < -0.3 is 4.90 Å². The Morgan fingerprint density at radius 2 is 1.72 bits per heavy atom. The van der Waals surface area contributed by atoms with Crippen molar-refractivity contribution in [1.29, 1.82) is 0 Å². The highest BCUT2D eigenvalue weighted by molar-refractivity contribution is 6.30. The molecule has 0 aliphatic carbocycles. The molecule has 6 heteroatoms.